The minimum absolute atomic E-state index is 0.0841. The van der Waals surface area contributed by atoms with Crippen LogP contribution in [0.25, 0.3) is 0 Å². The number of hydrogen-bond donors (Lipinski definition) is 0. The molecule has 0 bridgehead atoms. The highest BCUT2D eigenvalue weighted by Gasteiger charge is 2.19. The molecule has 0 aliphatic heterocycles. The van der Waals surface area contributed by atoms with Crippen LogP contribution in [-0.4, -0.2) is 37.2 Å². The van der Waals surface area contributed by atoms with Crippen molar-refractivity contribution >= 4 is 17.9 Å². The topological polar surface area (TPSA) is 78.9 Å². The molecule has 1 unspecified atom stereocenters. The van der Waals surface area contributed by atoms with Crippen LogP contribution in [0.1, 0.15) is 290 Å². The third-order valence-corrected chi connectivity index (χ3v) is 13.1. The number of allylic oxidation sites excluding steroid dienone is 16. The lowest BCUT2D eigenvalue weighted by Gasteiger charge is -2.18. The molecule has 1 atom stereocenters. The fourth-order valence-electron chi connectivity index (χ4n) is 8.54. The minimum Gasteiger partial charge on any atom is -0.462 e. The first-order valence-electron chi connectivity index (χ1n) is 30.7. The predicted octanol–water partition coefficient (Wildman–Crippen LogP) is 20.9. The SMILES string of the molecule is CC/C=C\C/C=C\C/C=C\C/C=C\C/C=C\CCCCCCCCCCCC(=O)OCC(COC(=O)CCCCCCCCCCCCCCCCC)OC(=O)CCCCCCC/C=C\C/C=C\C/C=C\CC. The van der Waals surface area contributed by atoms with Crippen LogP contribution in [0.2, 0.25) is 0 Å². The molecule has 0 spiro atoms. The first kappa shape index (κ1) is 69.3. The van der Waals surface area contributed by atoms with E-state index in [0.717, 1.165) is 135 Å². The summed E-state index contributed by atoms with van der Waals surface area (Å²) < 4.78 is 16.9. The monoisotopic (exact) mass is 1010 g/mol. The van der Waals surface area contributed by atoms with Gasteiger partial charge in [0.1, 0.15) is 13.2 Å². The summed E-state index contributed by atoms with van der Waals surface area (Å²) in [6.07, 6.45) is 81.2. The van der Waals surface area contributed by atoms with Gasteiger partial charge in [-0.3, -0.25) is 14.4 Å². The normalized spacial score (nSPS) is 12.8. The molecule has 6 nitrogen and oxygen atoms in total. The molecule has 0 aromatic heterocycles. The zero-order valence-electron chi connectivity index (χ0n) is 47.9. The Labute approximate surface area is 451 Å². The summed E-state index contributed by atoms with van der Waals surface area (Å²) in [5.41, 5.74) is 0. The molecule has 0 rings (SSSR count). The first-order valence-corrected chi connectivity index (χ1v) is 30.7. The van der Waals surface area contributed by atoms with Gasteiger partial charge in [0.15, 0.2) is 6.10 Å². The van der Waals surface area contributed by atoms with E-state index in [1.165, 1.54) is 116 Å². The predicted molar refractivity (Wildman–Crippen MR) is 316 cm³/mol. The highest BCUT2D eigenvalue weighted by Crippen LogP contribution is 2.16. The zero-order valence-corrected chi connectivity index (χ0v) is 47.9. The van der Waals surface area contributed by atoms with Gasteiger partial charge in [0.05, 0.1) is 0 Å². The molecule has 0 aromatic carbocycles. The fraction of sp³-hybridized carbons (Fsp3) is 0.716. The maximum absolute atomic E-state index is 12.9. The smallest absolute Gasteiger partial charge is 0.306 e. The van der Waals surface area contributed by atoms with Gasteiger partial charge >= 0.3 is 17.9 Å². The molecule has 0 saturated carbocycles. The minimum atomic E-state index is -0.789. The third-order valence-electron chi connectivity index (χ3n) is 13.1. The van der Waals surface area contributed by atoms with Crippen molar-refractivity contribution in [2.75, 3.05) is 13.2 Å². The molecule has 0 aliphatic rings. The average molecular weight is 1020 g/mol. The van der Waals surface area contributed by atoms with E-state index in [9.17, 15) is 14.4 Å². The van der Waals surface area contributed by atoms with E-state index in [1.54, 1.807) is 0 Å². The van der Waals surface area contributed by atoms with Crippen LogP contribution in [0.15, 0.2) is 97.2 Å². The van der Waals surface area contributed by atoms with Gasteiger partial charge in [0.25, 0.3) is 0 Å². The first-order chi connectivity index (χ1) is 36.0. The van der Waals surface area contributed by atoms with Crippen molar-refractivity contribution < 1.29 is 28.6 Å². The van der Waals surface area contributed by atoms with E-state index < -0.39 is 6.10 Å². The van der Waals surface area contributed by atoms with E-state index in [-0.39, 0.29) is 31.1 Å². The number of hydrogen-bond acceptors (Lipinski definition) is 6. The van der Waals surface area contributed by atoms with Gasteiger partial charge in [-0.15, -0.1) is 0 Å². The van der Waals surface area contributed by atoms with Crippen LogP contribution in [0, 0.1) is 0 Å². The summed E-state index contributed by atoms with van der Waals surface area (Å²) in [7, 11) is 0. The Morgan fingerprint density at radius 3 is 0.836 bits per heavy atom. The standard InChI is InChI=1S/C67H114O6/c1-4-7-10-13-16-19-22-25-28-29-30-31-32-33-34-35-36-37-40-42-45-48-51-54-57-60-66(69)72-63-64(73-67(70)61-58-55-52-49-46-43-39-27-24-21-18-15-12-9-6-3)62-71-65(68)59-56-53-50-47-44-41-38-26-23-20-17-14-11-8-5-2/h7,9-10,12,16,18-19,21,25,27-28,30-31,33-34,39,64H,4-6,8,11,13-15,17,20,22-24,26,29,32,35-38,40-63H2,1-3H3/b10-7-,12-9-,19-16-,21-18-,28-25-,31-30-,34-33-,39-27-. The van der Waals surface area contributed by atoms with Crippen LogP contribution >= 0.6 is 0 Å². The van der Waals surface area contributed by atoms with Crippen molar-refractivity contribution in [2.24, 2.45) is 0 Å². The lowest BCUT2D eigenvalue weighted by molar-refractivity contribution is -0.167. The Kier molecular flexibility index (Phi) is 57.8. The van der Waals surface area contributed by atoms with Crippen LogP contribution in [0.3, 0.4) is 0 Å². The molecular formula is C67H114O6. The highest BCUT2D eigenvalue weighted by molar-refractivity contribution is 5.71. The number of rotatable bonds is 55. The maximum atomic E-state index is 12.9. The van der Waals surface area contributed by atoms with E-state index in [1.807, 2.05) is 0 Å². The maximum Gasteiger partial charge on any atom is 0.306 e. The third kappa shape index (κ3) is 59.1. The van der Waals surface area contributed by atoms with Crippen molar-refractivity contribution in [1.29, 1.82) is 0 Å². The molecule has 6 heteroatoms. The van der Waals surface area contributed by atoms with Crippen molar-refractivity contribution in [3.05, 3.63) is 97.2 Å². The van der Waals surface area contributed by atoms with Gasteiger partial charge in [-0.25, -0.2) is 0 Å². The molecular weight excluding hydrogens is 901 g/mol. The Hall–Kier alpha value is -3.67. The largest absolute Gasteiger partial charge is 0.462 e. The lowest BCUT2D eigenvalue weighted by Crippen LogP contribution is -2.30. The zero-order chi connectivity index (χ0) is 52.9. The van der Waals surface area contributed by atoms with Crippen molar-refractivity contribution in [3.8, 4) is 0 Å². The second kappa shape index (κ2) is 60.9. The van der Waals surface area contributed by atoms with Crippen LogP contribution in [0.4, 0.5) is 0 Å². The second-order valence-electron chi connectivity index (χ2n) is 20.2. The van der Waals surface area contributed by atoms with E-state index >= 15 is 0 Å². The second-order valence-corrected chi connectivity index (χ2v) is 20.2. The molecule has 0 radical (unpaired) electrons. The van der Waals surface area contributed by atoms with Crippen molar-refractivity contribution in [2.45, 2.75) is 297 Å². The summed E-state index contributed by atoms with van der Waals surface area (Å²) in [6.45, 7) is 6.42. The molecule has 0 aromatic rings. The number of ether oxygens (including phenoxy) is 3. The van der Waals surface area contributed by atoms with Crippen LogP contribution in [0.5, 0.6) is 0 Å². The molecule has 0 fully saturated rings. The van der Waals surface area contributed by atoms with Gasteiger partial charge in [0.2, 0.25) is 0 Å². The quantitative estimate of drug-likeness (QED) is 0.0261. The Bertz CT molecular complexity index is 1440. The summed E-state index contributed by atoms with van der Waals surface area (Å²) in [6, 6.07) is 0. The van der Waals surface area contributed by atoms with Crippen LogP contribution in [-0.2, 0) is 28.6 Å². The van der Waals surface area contributed by atoms with Gasteiger partial charge in [-0.2, -0.15) is 0 Å². The highest BCUT2D eigenvalue weighted by atomic mass is 16.6. The molecule has 0 N–H and O–H groups in total. The van der Waals surface area contributed by atoms with Gasteiger partial charge in [-0.05, 0) is 96.3 Å². The van der Waals surface area contributed by atoms with Gasteiger partial charge in [-0.1, -0.05) is 272 Å². The molecule has 0 heterocycles. The summed E-state index contributed by atoms with van der Waals surface area (Å²) in [4.78, 5) is 38.3. The van der Waals surface area contributed by atoms with Crippen molar-refractivity contribution in [3.63, 3.8) is 0 Å². The molecule has 0 amide bonds. The average Bonchev–Trinajstić information content (AvgIpc) is 3.39. The molecule has 73 heavy (non-hydrogen) atoms. The number of carbonyl (C=O) groups is 3. The number of esters is 3. The molecule has 418 valence electrons. The summed E-state index contributed by atoms with van der Waals surface area (Å²) in [5, 5.41) is 0. The van der Waals surface area contributed by atoms with Gasteiger partial charge < -0.3 is 14.2 Å². The van der Waals surface area contributed by atoms with E-state index in [2.05, 4.69) is 118 Å². The fourth-order valence-corrected chi connectivity index (χ4v) is 8.54. The van der Waals surface area contributed by atoms with E-state index in [4.69, 9.17) is 14.2 Å². The van der Waals surface area contributed by atoms with Crippen molar-refractivity contribution in [1.82, 2.24) is 0 Å². The lowest BCUT2D eigenvalue weighted by atomic mass is 10.0. The van der Waals surface area contributed by atoms with Gasteiger partial charge in [0, 0.05) is 19.3 Å². The Morgan fingerprint density at radius 1 is 0.288 bits per heavy atom. The number of unbranched alkanes of at least 4 members (excludes halogenated alkanes) is 28. The van der Waals surface area contributed by atoms with Crippen LogP contribution < -0.4 is 0 Å². The Morgan fingerprint density at radius 2 is 0.534 bits per heavy atom. The number of carbonyl (C=O) groups excluding carboxylic acids is 3. The Balaban J connectivity index is 4.34. The summed E-state index contributed by atoms with van der Waals surface area (Å²) in [5.74, 6) is -0.899. The molecule has 0 saturated heterocycles. The molecule has 0 aliphatic carbocycles. The summed E-state index contributed by atoms with van der Waals surface area (Å²) >= 11 is 0. The van der Waals surface area contributed by atoms with E-state index in [0.29, 0.717) is 19.3 Å².